The number of esters is 1. The topological polar surface area (TPSA) is 125 Å². The van der Waals surface area contributed by atoms with E-state index in [0.29, 0.717) is 17.4 Å². The quantitative estimate of drug-likeness (QED) is 0.341. The lowest BCUT2D eigenvalue weighted by Crippen LogP contribution is -2.57. The number of rotatable bonds is 7. The maximum absolute atomic E-state index is 14.6. The molecule has 3 amide bonds. The third-order valence-corrected chi connectivity index (χ3v) is 9.63. The SMILES string of the molecule is CCCC(C)N1C/C=C\CCC(=O)OC[C@@H](c2ccccc2)NC(=O)[C@@H]2[C@H]3O[C@@]4(C=C3Br)[C@H](C1=O)N(CCCO)C(=O)[C@@H]24. The van der Waals surface area contributed by atoms with Gasteiger partial charge in [0.15, 0.2) is 0 Å². The Kier molecular flexibility index (Phi) is 9.73. The molecule has 4 aliphatic rings. The van der Waals surface area contributed by atoms with Gasteiger partial charge in [0.2, 0.25) is 17.7 Å². The molecule has 0 radical (unpaired) electrons. The number of amides is 3. The summed E-state index contributed by atoms with van der Waals surface area (Å²) in [4.78, 5) is 58.8. The van der Waals surface area contributed by atoms with E-state index in [4.69, 9.17) is 9.47 Å². The maximum atomic E-state index is 14.6. The van der Waals surface area contributed by atoms with Crippen LogP contribution in [0, 0.1) is 11.8 Å². The second-order valence-electron chi connectivity index (χ2n) is 11.7. The zero-order valence-electron chi connectivity index (χ0n) is 24.6. The fourth-order valence-electron chi connectivity index (χ4n) is 6.92. The van der Waals surface area contributed by atoms with Crippen molar-refractivity contribution in [2.45, 2.75) is 75.8 Å². The number of likely N-dealkylation sites (tertiary alicyclic amines) is 1. The molecular weight excluding hydrogens is 618 g/mol. The Morgan fingerprint density at radius 1 is 1.14 bits per heavy atom. The van der Waals surface area contributed by atoms with E-state index in [-0.39, 0.29) is 50.5 Å². The van der Waals surface area contributed by atoms with Gasteiger partial charge in [0.25, 0.3) is 0 Å². The summed E-state index contributed by atoms with van der Waals surface area (Å²) in [7, 11) is 0. The predicted octanol–water partition coefficient (Wildman–Crippen LogP) is 3.01. The van der Waals surface area contributed by atoms with Crippen molar-refractivity contribution in [2.24, 2.45) is 11.8 Å². The number of carbonyl (C=O) groups is 4. The van der Waals surface area contributed by atoms with Crippen molar-refractivity contribution >= 4 is 39.6 Å². The van der Waals surface area contributed by atoms with Crippen molar-refractivity contribution in [3.05, 3.63) is 58.6 Å². The first-order valence-electron chi connectivity index (χ1n) is 15.2. The Bertz CT molecular complexity index is 1290. The van der Waals surface area contributed by atoms with Crippen LogP contribution in [0.1, 0.15) is 57.6 Å². The maximum Gasteiger partial charge on any atom is 0.306 e. The largest absolute Gasteiger partial charge is 0.463 e. The molecule has 5 rings (SSSR count). The van der Waals surface area contributed by atoms with Crippen LogP contribution in [0.5, 0.6) is 0 Å². The summed E-state index contributed by atoms with van der Waals surface area (Å²) in [6.45, 7) is 4.28. The van der Waals surface area contributed by atoms with E-state index in [1.807, 2.05) is 49.4 Å². The molecule has 0 aliphatic carbocycles. The van der Waals surface area contributed by atoms with E-state index in [9.17, 15) is 24.3 Å². The van der Waals surface area contributed by atoms with Crippen molar-refractivity contribution < 1.29 is 33.8 Å². The average molecular weight is 659 g/mol. The van der Waals surface area contributed by atoms with Crippen molar-refractivity contribution in [3.63, 3.8) is 0 Å². The molecule has 4 heterocycles. The van der Waals surface area contributed by atoms with Crippen molar-refractivity contribution in [1.29, 1.82) is 0 Å². The number of benzene rings is 1. The summed E-state index contributed by atoms with van der Waals surface area (Å²) < 4.78 is 12.8. The molecule has 5 bridgehead atoms. The van der Waals surface area contributed by atoms with Gasteiger partial charge in [-0.3, -0.25) is 19.2 Å². The number of allylic oxidation sites excluding steroid dienone is 1. The zero-order valence-corrected chi connectivity index (χ0v) is 26.2. The van der Waals surface area contributed by atoms with Gasteiger partial charge in [-0.15, -0.1) is 0 Å². The molecule has 1 aromatic rings. The highest BCUT2D eigenvalue weighted by Gasteiger charge is 2.74. The smallest absolute Gasteiger partial charge is 0.306 e. The molecular formula is C32H40BrN3O7. The van der Waals surface area contributed by atoms with E-state index in [2.05, 4.69) is 28.2 Å². The number of aliphatic hydroxyl groups is 1. The third kappa shape index (κ3) is 5.91. The molecule has 2 saturated heterocycles. The van der Waals surface area contributed by atoms with Crippen LogP contribution in [0.3, 0.4) is 0 Å². The molecule has 4 aliphatic heterocycles. The number of nitrogens with zero attached hydrogens (tertiary/aromatic N) is 2. The second kappa shape index (κ2) is 13.3. The van der Waals surface area contributed by atoms with Crippen LogP contribution in [0.2, 0.25) is 0 Å². The highest BCUT2D eigenvalue weighted by Crippen LogP contribution is 2.58. The summed E-state index contributed by atoms with van der Waals surface area (Å²) in [5.74, 6) is -3.26. The highest BCUT2D eigenvalue weighted by atomic mass is 79.9. The lowest BCUT2D eigenvalue weighted by Gasteiger charge is -2.38. The molecule has 10 nitrogen and oxygen atoms in total. The monoisotopic (exact) mass is 657 g/mol. The first-order chi connectivity index (χ1) is 20.7. The van der Waals surface area contributed by atoms with E-state index < -0.39 is 47.5 Å². The van der Waals surface area contributed by atoms with Crippen molar-refractivity contribution in [3.8, 4) is 0 Å². The van der Waals surface area contributed by atoms with Crippen LogP contribution in [0.4, 0.5) is 0 Å². The Labute approximate surface area is 260 Å². The van der Waals surface area contributed by atoms with Gasteiger partial charge in [-0.25, -0.2) is 0 Å². The normalized spacial score (nSPS) is 32.7. The average Bonchev–Trinajstić information content (AvgIpc) is 3.58. The number of hydrogen-bond donors (Lipinski definition) is 2. The molecule has 232 valence electrons. The van der Waals surface area contributed by atoms with Gasteiger partial charge in [0, 0.05) is 36.6 Å². The van der Waals surface area contributed by atoms with E-state index in [1.165, 1.54) is 4.90 Å². The Hall–Kier alpha value is -3.02. The fraction of sp³-hybridized carbons (Fsp3) is 0.562. The van der Waals surface area contributed by atoms with Gasteiger partial charge >= 0.3 is 5.97 Å². The standard InChI is InChI=1S/C32H40BrN3O7/c1-3-11-20(2)35-15-9-5-8-14-24(38)42-19-23(21-12-6-4-7-13-21)34-29(39)25-26-30(40)36(16-10-17-37)28(31(35)41)32(26)18-22(33)27(25)43-32/h4-7,9,12-13,18,20,23,25-28,37H,3,8,10-11,14-17,19H2,1-2H3,(H,34,39)/b9-5-/t20?,23-,25-,26+,27-,28-,32+/m0/s1. The number of halogens is 1. The number of aliphatic hydroxyl groups excluding tert-OH is 1. The van der Waals surface area contributed by atoms with Crippen LogP contribution < -0.4 is 5.32 Å². The number of fused-ring (bicyclic) bond motifs is 2. The molecule has 2 N–H and O–H groups in total. The van der Waals surface area contributed by atoms with Crippen LogP contribution in [-0.4, -0.2) is 88.7 Å². The first kappa shape index (κ1) is 31.4. The minimum atomic E-state index is -1.34. The minimum Gasteiger partial charge on any atom is -0.463 e. The van der Waals surface area contributed by atoms with Crippen LogP contribution in [0.25, 0.3) is 0 Å². The molecule has 2 fully saturated rings. The van der Waals surface area contributed by atoms with Crippen molar-refractivity contribution in [1.82, 2.24) is 15.1 Å². The van der Waals surface area contributed by atoms with Crippen LogP contribution >= 0.6 is 15.9 Å². The number of hydrogen-bond acceptors (Lipinski definition) is 7. The molecule has 1 spiro atoms. The number of nitrogens with one attached hydrogen (secondary N) is 1. The van der Waals surface area contributed by atoms with E-state index in [1.54, 1.807) is 11.0 Å². The summed E-state index contributed by atoms with van der Waals surface area (Å²) >= 11 is 3.59. The highest BCUT2D eigenvalue weighted by molar-refractivity contribution is 9.11. The Balaban J connectivity index is 1.58. The predicted molar refractivity (Wildman–Crippen MR) is 162 cm³/mol. The zero-order chi connectivity index (χ0) is 30.7. The van der Waals surface area contributed by atoms with Gasteiger partial charge in [0.05, 0.1) is 17.9 Å². The molecule has 7 atom stereocenters. The van der Waals surface area contributed by atoms with Gasteiger partial charge < -0.3 is 29.7 Å². The lowest BCUT2D eigenvalue weighted by molar-refractivity contribution is -0.149. The number of cyclic esters (lactones) is 1. The van der Waals surface area contributed by atoms with Crippen molar-refractivity contribution in [2.75, 3.05) is 26.3 Å². The number of ether oxygens (including phenoxy) is 2. The van der Waals surface area contributed by atoms with Crippen LogP contribution in [0.15, 0.2) is 53.0 Å². The molecule has 0 saturated carbocycles. The molecule has 11 heteroatoms. The molecule has 0 aromatic heterocycles. The summed E-state index contributed by atoms with van der Waals surface area (Å²) in [5, 5.41) is 12.7. The van der Waals surface area contributed by atoms with E-state index >= 15 is 0 Å². The third-order valence-electron chi connectivity index (χ3n) is 8.95. The summed E-state index contributed by atoms with van der Waals surface area (Å²) in [6, 6.07) is 7.46. The van der Waals surface area contributed by atoms with E-state index in [0.717, 1.165) is 18.4 Å². The Morgan fingerprint density at radius 2 is 1.91 bits per heavy atom. The molecule has 1 unspecified atom stereocenters. The molecule has 1 aromatic carbocycles. The molecule has 43 heavy (non-hydrogen) atoms. The first-order valence-corrected chi connectivity index (χ1v) is 16.0. The summed E-state index contributed by atoms with van der Waals surface area (Å²) in [5.41, 5.74) is -0.586. The van der Waals surface area contributed by atoms with Gasteiger partial charge in [-0.1, -0.05) is 71.8 Å². The fourth-order valence-corrected chi connectivity index (χ4v) is 7.66. The minimum absolute atomic E-state index is 0.0661. The Morgan fingerprint density at radius 3 is 2.63 bits per heavy atom. The second-order valence-corrected chi connectivity index (χ2v) is 12.6. The number of carbonyl (C=O) groups excluding carboxylic acids is 4. The van der Waals surface area contributed by atoms with Gasteiger partial charge in [0.1, 0.15) is 24.4 Å². The van der Waals surface area contributed by atoms with Gasteiger partial charge in [-0.2, -0.15) is 0 Å². The lowest BCUT2D eigenvalue weighted by atomic mass is 9.74. The van der Waals surface area contributed by atoms with Gasteiger partial charge in [-0.05, 0) is 37.8 Å². The summed E-state index contributed by atoms with van der Waals surface area (Å²) in [6.07, 6.45) is 7.30. The van der Waals surface area contributed by atoms with Crippen LogP contribution in [-0.2, 0) is 28.7 Å².